The Morgan fingerprint density at radius 2 is 2.10 bits per heavy atom. The maximum atomic E-state index is 12.6. The molecule has 2 N–H and O–H groups in total. The van der Waals surface area contributed by atoms with E-state index in [2.05, 4.69) is 0 Å². The Morgan fingerprint density at radius 3 is 2.60 bits per heavy atom. The van der Waals surface area contributed by atoms with Crippen molar-refractivity contribution in [2.75, 3.05) is 26.8 Å². The predicted molar refractivity (Wildman–Crippen MR) is 78.9 cm³/mol. The number of hydrogen-bond acceptors (Lipinski definition) is 4. The van der Waals surface area contributed by atoms with E-state index < -0.39 is 10.0 Å². The van der Waals surface area contributed by atoms with Crippen LogP contribution in [0.2, 0.25) is 0 Å². The van der Waals surface area contributed by atoms with E-state index in [9.17, 15) is 8.42 Å². The van der Waals surface area contributed by atoms with Crippen molar-refractivity contribution in [3.8, 4) is 0 Å². The van der Waals surface area contributed by atoms with Crippen molar-refractivity contribution in [3.63, 3.8) is 0 Å². The molecule has 0 aliphatic carbocycles. The van der Waals surface area contributed by atoms with E-state index in [1.807, 2.05) is 18.4 Å². The minimum atomic E-state index is -3.48. The minimum absolute atomic E-state index is 0.310. The van der Waals surface area contributed by atoms with Crippen molar-refractivity contribution in [1.29, 1.82) is 0 Å². The van der Waals surface area contributed by atoms with Crippen LogP contribution in [-0.2, 0) is 27.8 Å². The standard InChI is InChI=1S/C13H25N3O3S/c1-4-6-15-11-13(9-12(15)10-14)20(17,18)16(5-2)7-8-19-3/h9,11H,4-8,10,14H2,1-3H3. The zero-order chi connectivity index (χ0) is 15.2. The fourth-order valence-corrected chi connectivity index (χ4v) is 3.58. The summed E-state index contributed by atoms with van der Waals surface area (Å²) in [6.07, 6.45) is 2.61. The third-order valence-electron chi connectivity index (χ3n) is 3.17. The topological polar surface area (TPSA) is 77.6 Å². The maximum absolute atomic E-state index is 12.6. The molecule has 0 fully saturated rings. The molecule has 0 saturated carbocycles. The van der Waals surface area contributed by atoms with E-state index in [1.165, 1.54) is 4.31 Å². The summed E-state index contributed by atoms with van der Waals surface area (Å²) in [5.41, 5.74) is 6.52. The van der Waals surface area contributed by atoms with Gasteiger partial charge in [-0.3, -0.25) is 0 Å². The van der Waals surface area contributed by atoms with E-state index >= 15 is 0 Å². The first-order valence-corrected chi connectivity index (χ1v) is 8.33. The second kappa shape index (κ2) is 7.78. The molecule has 116 valence electrons. The van der Waals surface area contributed by atoms with E-state index in [0.29, 0.717) is 31.1 Å². The Morgan fingerprint density at radius 1 is 1.40 bits per heavy atom. The SMILES string of the molecule is CCCn1cc(S(=O)(=O)N(CC)CCOC)cc1CN. The highest BCUT2D eigenvalue weighted by Crippen LogP contribution is 2.19. The Kier molecular flexibility index (Phi) is 6.67. The first kappa shape index (κ1) is 17.2. The molecule has 0 saturated heterocycles. The maximum Gasteiger partial charge on any atom is 0.244 e. The number of ether oxygens (including phenoxy) is 1. The van der Waals surface area contributed by atoms with E-state index in [1.54, 1.807) is 19.4 Å². The fourth-order valence-electron chi connectivity index (χ4n) is 2.08. The van der Waals surface area contributed by atoms with E-state index in [0.717, 1.165) is 18.7 Å². The van der Waals surface area contributed by atoms with Crippen molar-refractivity contribution in [1.82, 2.24) is 8.87 Å². The molecular weight excluding hydrogens is 278 g/mol. The molecule has 0 radical (unpaired) electrons. The van der Waals surface area contributed by atoms with Crippen LogP contribution in [0.1, 0.15) is 26.0 Å². The van der Waals surface area contributed by atoms with Gasteiger partial charge in [0.15, 0.2) is 0 Å². The summed E-state index contributed by atoms with van der Waals surface area (Å²) < 4.78 is 33.4. The van der Waals surface area contributed by atoms with Gasteiger partial charge in [0.2, 0.25) is 10.0 Å². The lowest BCUT2D eigenvalue weighted by Gasteiger charge is -2.19. The zero-order valence-electron chi connectivity index (χ0n) is 12.5. The van der Waals surface area contributed by atoms with Crippen molar-refractivity contribution in [2.45, 2.75) is 38.3 Å². The van der Waals surface area contributed by atoms with Crippen LogP contribution in [0.25, 0.3) is 0 Å². The summed E-state index contributed by atoms with van der Waals surface area (Å²) >= 11 is 0. The molecule has 6 nitrogen and oxygen atoms in total. The van der Waals surface area contributed by atoms with Crippen LogP contribution in [0.3, 0.4) is 0 Å². The van der Waals surface area contributed by atoms with Crippen LogP contribution in [0, 0.1) is 0 Å². The lowest BCUT2D eigenvalue weighted by Crippen LogP contribution is -2.33. The van der Waals surface area contributed by atoms with Gasteiger partial charge in [0.1, 0.15) is 4.90 Å². The predicted octanol–water partition coefficient (Wildman–Crippen LogP) is 1.01. The van der Waals surface area contributed by atoms with Gasteiger partial charge in [0, 0.05) is 45.2 Å². The molecular formula is C13H25N3O3S. The van der Waals surface area contributed by atoms with Crippen LogP contribution in [-0.4, -0.2) is 44.1 Å². The van der Waals surface area contributed by atoms with Crippen LogP contribution >= 0.6 is 0 Å². The van der Waals surface area contributed by atoms with Crippen molar-refractivity contribution < 1.29 is 13.2 Å². The molecule has 0 aromatic carbocycles. The van der Waals surface area contributed by atoms with Gasteiger partial charge < -0.3 is 15.0 Å². The quantitative estimate of drug-likeness (QED) is 0.738. The minimum Gasteiger partial charge on any atom is -0.383 e. The van der Waals surface area contributed by atoms with Gasteiger partial charge in [-0.2, -0.15) is 4.31 Å². The Labute approximate surface area is 121 Å². The molecule has 0 unspecified atom stereocenters. The van der Waals surface area contributed by atoms with Gasteiger partial charge in [-0.25, -0.2) is 8.42 Å². The van der Waals surface area contributed by atoms with Crippen LogP contribution in [0.5, 0.6) is 0 Å². The molecule has 0 bridgehead atoms. The first-order valence-electron chi connectivity index (χ1n) is 6.89. The van der Waals surface area contributed by atoms with E-state index in [-0.39, 0.29) is 0 Å². The van der Waals surface area contributed by atoms with Crippen molar-refractivity contribution >= 4 is 10.0 Å². The Balaban J connectivity index is 3.07. The summed E-state index contributed by atoms with van der Waals surface area (Å²) in [7, 11) is -1.92. The summed E-state index contributed by atoms with van der Waals surface area (Å²) in [6.45, 7) is 6.12. The zero-order valence-corrected chi connectivity index (χ0v) is 13.3. The molecule has 1 aromatic heterocycles. The Hall–Kier alpha value is -0.890. The molecule has 0 atom stereocenters. The number of sulfonamides is 1. The third-order valence-corrected chi connectivity index (χ3v) is 5.11. The normalized spacial score (nSPS) is 12.2. The van der Waals surface area contributed by atoms with Gasteiger partial charge in [-0.1, -0.05) is 13.8 Å². The van der Waals surface area contributed by atoms with Crippen molar-refractivity contribution in [3.05, 3.63) is 18.0 Å². The van der Waals surface area contributed by atoms with Gasteiger partial charge >= 0.3 is 0 Å². The summed E-state index contributed by atoms with van der Waals surface area (Å²) in [5, 5.41) is 0. The van der Waals surface area contributed by atoms with Gasteiger partial charge in [0.05, 0.1) is 6.61 Å². The number of likely N-dealkylation sites (N-methyl/N-ethyl adjacent to an activating group) is 1. The largest absolute Gasteiger partial charge is 0.383 e. The molecule has 20 heavy (non-hydrogen) atoms. The summed E-state index contributed by atoms with van der Waals surface area (Å²) in [6, 6.07) is 1.67. The average Bonchev–Trinajstić information content (AvgIpc) is 2.83. The van der Waals surface area contributed by atoms with Gasteiger partial charge in [-0.15, -0.1) is 0 Å². The lowest BCUT2D eigenvalue weighted by molar-refractivity contribution is 0.180. The summed E-state index contributed by atoms with van der Waals surface area (Å²) in [5.74, 6) is 0. The van der Waals surface area contributed by atoms with E-state index in [4.69, 9.17) is 10.5 Å². The lowest BCUT2D eigenvalue weighted by atomic mass is 10.4. The molecule has 0 amide bonds. The molecule has 0 aliphatic heterocycles. The number of aromatic nitrogens is 1. The second-order valence-corrected chi connectivity index (χ2v) is 6.49. The number of rotatable bonds is 9. The number of hydrogen-bond donors (Lipinski definition) is 1. The summed E-state index contributed by atoms with van der Waals surface area (Å²) in [4.78, 5) is 0.310. The van der Waals surface area contributed by atoms with Gasteiger partial charge in [0.25, 0.3) is 0 Å². The smallest absolute Gasteiger partial charge is 0.244 e. The average molecular weight is 303 g/mol. The molecule has 1 heterocycles. The highest BCUT2D eigenvalue weighted by atomic mass is 32.2. The molecule has 0 aliphatic rings. The number of aryl methyl sites for hydroxylation is 1. The molecule has 1 aromatic rings. The monoisotopic (exact) mass is 303 g/mol. The van der Waals surface area contributed by atoms with Crippen LogP contribution in [0.4, 0.5) is 0 Å². The molecule has 7 heteroatoms. The molecule has 1 rings (SSSR count). The van der Waals surface area contributed by atoms with Crippen LogP contribution in [0.15, 0.2) is 17.2 Å². The first-order chi connectivity index (χ1) is 9.51. The highest BCUT2D eigenvalue weighted by molar-refractivity contribution is 7.89. The molecule has 0 spiro atoms. The van der Waals surface area contributed by atoms with Gasteiger partial charge in [-0.05, 0) is 12.5 Å². The van der Waals surface area contributed by atoms with Crippen molar-refractivity contribution in [2.24, 2.45) is 5.73 Å². The third kappa shape index (κ3) is 3.82. The number of nitrogens with zero attached hydrogens (tertiary/aromatic N) is 2. The second-order valence-electron chi connectivity index (χ2n) is 4.55. The number of methoxy groups -OCH3 is 1. The fraction of sp³-hybridized carbons (Fsp3) is 0.692. The Bertz CT molecular complexity index is 511. The number of nitrogens with two attached hydrogens (primary N) is 1. The van der Waals surface area contributed by atoms with Crippen LogP contribution < -0.4 is 5.73 Å². The highest BCUT2D eigenvalue weighted by Gasteiger charge is 2.24.